The van der Waals surface area contributed by atoms with Crippen LogP contribution < -0.4 is 0 Å². The molecule has 1 aromatic heterocycles. The minimum Gasteiger partial charge on any atom is -0.372 e. The Kier molecular flexibility index (Phi) is 4.67. The van der Waals surface area contributed by atoms with Crippen molar-refractivity contribution in [1.29, 1.82) is 0 Å². The van der Waals surface area contributed by atoms with Crippen molar-refractivity contribution < 1.29 is 9.53 Å². The van der Waals surface area contributed by atoms with Gasteiger partial charge in [0.1, 0.15) is 0 Å². The second kappa shape index (κ2) is 6.75. The summed E-state index contributed by atoms with van der Waals surface area (Å²) in [6.45, 7) is 4.62. The first-order chi connectivity index (χ1) is 11.3. The van der Waals surface area contributed by atoms with E-state index in [1.807, 2.05) is 22.4 Å². The van der Waals surface area contributed by atoms with E-state index in [4.69, 9.17) is 4.74 Å². The first-order valence-corrected chi connectivity index (χ1v) is 10.6. The van der Waals surface area contributed by atoms with Crippen molar-refractivity contribution in [3.8, 4) is 0 Å². The fourth-order valence-corrected chi connectivity index (χ4v) is 5.92. The largest absolute Gasteiger partial charge is 0.372 e. The third kappa shape index (κ3) is 3.31. The van der Waals surface area contributed by atoms with Crippen LogP contribution in [-0.4, -0.2) is 71.6 Å². The molecule has 0 radical (unpaired) electrons. The number of hydrogen-bond acceptors (Lipinski definition) is 5. The van der Waals surface area contributed by atoms with Crippen LogP contribution in [0.4, 0.5) is 0 Å². The number of thioether (sulfide) groups is 1. The predicted octanol–water partition coefficient (Wildman–Crippen LogP) is 2.56. The van der Waals surface area contributed by atoms with Crippen LogP contribution in [0, 0.1) is 0 Å². The molecule has 4 heterocycles. The number of piperidine rings is 1. The van der Waals surface area contributed by atoms with Crippen molar-refractivity contribution in [3.63, 3.8) is 0 Å². The van der Waals surface area contributed by atoms with E-state index >= 15 is 0 Å². The van der Waals surface area contributed by atoms with Crippen molar-refractivity contribution in [2.45, 2.75) is 30.9 Å². The monoisotopic (exact) mass is 352 g/mol. The van der Waals surface area contributed by atoms with Gasteiger partial charge in [-0.25, -0.2) is 0 Å². The van der Waals surface area contributed by atoms with Crippen LogP contribution in [0.5, 0.6) is 0 Å². The minimum atomic E-state index is -0.0161. The van der Waals surface area contributed by atoms with Gasteiger partial charge in [0.15, 0.2) is 0 Å². The molecule has 0 aliphatic carbocycles. The SMILES string of the molecule is O=C(c1cccs1)N1CCC2(CC1)CN(C1CCSC1)CCO2. The van der Waals surface area contributed by atoms with Gasteiger partial charge in [-0.3, -0.25) is 9.69 Å². The quantitative estimate of drug-likeness (QED) is 0.819. The maximum atomic E-state index is 12.5. The predicted molar refractivity (Wildman–Crippen MR) is 95.4 cm³/mol. The Morgan fingerprint density at radius 3 is 2.87 bits per heavy atom. The summed E-state index contributed by atoms with van der Waals surface area (Å²) >= 11 is 3.62. The molecule has 23 heavy (non-hydrogen) atoms. The highest BCUT2D eigenvalue weighted by atomic mass is 32.2. The van der Waals surface area contributed by atoms with Gasteiger partial charge in [-0.1, -0.05) is 6.07 Å². The minimum absolute atomic E-state index is 0.0161. The molecule has 4 nitrogen and oxygen atoms in total. The van der Waals surface area contributed by atoms with E-state index in [1.54, 1.807) is 0 Å². The zero-order chi connectivity index (χ0) is 15.7. The average molecular weight is 353 g/mol. The molecule has 6 heteroatoms. The third-order valence-electron chi connectivity index (χ3n) is 5.39. The highest BCUT2D eigenvalue weighted by Crippen LogP contribution is 2.33. The molecule has 1 aromatic rings. The molecule has 0 bridgehead atoms. The Bertz CT molecular complexity index is 535. The smallest absolute Gasteiger partial charge is 0.263 e. The Morgan fingerprint density at radius 1 is 1.30 bits per heavy atom. The molecule has 0 saturated carbocycles. The van der Waals surface area contributed by atoms with E-state index in [0.29, 0.717) is 0 Å². The maximum Gasteiger partial charge on any atom is 0.263 e. The summed E-state index contributed by atoms with van der Waals surface area (Å²) in [5, 5.41) is 1.97. The number of ether oxygens (including phenoxy) is 1. The molecule has 126 valence electrons. The number of nitrogens with zero attached hydrogens (tertiary/aromatic N) is 2. The highest BCUT2D eigenvalue weighted by Gasteiger charge is 2.42. The van der Waals surface area contributed by atoms with Gasteiger partial charge in [-0.2, -0.15) is 11.8 Å². The molecule has 3 saturated heterocycles. The molecule has 1 spiro atoms. The molecule has 1 unspecified atom stereocenters. The van der Waals surface area contributed by atoms with Crippen LogP contribution in [0.3, 0.4) is 0 Å². The van der Waals surface area contributed by atoms with E-state index in [9.17, 15) is 4.79 Å². The lowest BCUT2D eigenvalue weighted by molar-refractivity contribution is -0.138. The van der Waals surface area contributed by atoms with Crippen LogP contribution in [0.1, 0.15) is 28.9 Å². The summed E-state index contributed by atoms with van der Waals surface area (Å²) in [6, 6.07) is 4.62. The molecule has 3 aliphatic heterocycles. The van der Waals surface area contributed by atoms with E-state index in [1.165, 1.54) is 29.3 Å². The number of amides is 1. The number of likely N-dealkylation sites (tertiary alicyclic amines) is 1. The number of hydrogen-bond donors (Lipinski definition) is 0. The fraction of sp³-hybridized carbons (Fsp3) is 0.706. The van der Waals surface area contributed by atoms with Crippen LogP contribution in [-0.2, 0) is 4.74 Å². The summed E-state index contributed by atoms with van der Waals surface area (Å²) in [5.41, 5.74) is -0.0161. The summed E-state index contributed by atoms with van der Waals surface area (Å²) in [7, 11) is 0. The van der Waals surface area contributed by atoms with Crippen molar-refractivity contribution >= 4 is 29.0 Å². The number of carbonyl (C=O) groups excluding carboxylic acids is 1. The Balaban J connectivity index is 1.37. The van der Waals surface area contributed by atoms with E-state index in [-0.39, 0.29) is 11.5 Å². The van der Waals surface area contributed by atoms with Gasteiger partial charge >= 0.3 is 0 Å². The zero-order valence-electron chi connectivity index (χ0n) is 13.4. The lowest BCUT2D eigenvalue weighted by Crippen LogP contribution is -2.59. The molecule has 4 rings (SSSR count). The third-order valence-corrected chi connectivity index (χ3v) is 7.40. The van der Waals surface area contributed by atoms with Crippen molar-refractivity contribution in [1.82, 2.24) is 9.80 Å². The van der Waals surface area contributed by atoms with Gasteiger partial charge in [0.25, 0.3) is 5.91 Å². The van der Waals surface area contributed by atoms with Crippen LogP contribution in [0.25, 0.3) is 0 Å². The second-order valence-electron chi connectivity index (χ2n) is 6.79. The van der Waals surface area contributed by atoms with E-state index in [0.717, 1.165) is 56.5 Å². The van der Waals surface area contributed by atoms with E-state index in [2.05, 4.69) is 16.7 Å². The molecular formula is C17H24N2O2S2. The summed E-state index contributed by atoms with van der Waals surface area (Å²) < 4.78 is 6.23. The first-order valence-electron chi connectivity index (χ1n) is 8.54. The summed E-state index contributed by atoms with van der Waals surface area (Å²) in [6.07, 6.45) is 3.27. The van der Waals surface area contributed by atoms with Gasteiger partial charge in [-0.05, 0) is 36.5 Å². The van der Waals surface area contributed by atoms with Gasteiger partial charge in [0, 0.05) is 38.0 Å². The average Bonchev–Trinajstić information content (AvgIpc) is 3.29. The number of rotatable bonds is 2. The van der Waals surface area contributed by atoms with Gasteiger partial charge in [-0.15, -0.1) is 11.3 Å². The fourth-order valence-electron chi connectivity index (χ4n) is 3.97. The van der Waals surface area contributed by atoms with Crippen molar-refractivity contribution in [2.75, 3.05) is 44.3 Å². The van der Waals surface area contributed by atoms with Crippen LogP contribution in [0.15, 0.2) is 17.5 Å². The Hall–Kier alpha value is -0.560. The molecule has 3 aliphatic rings. The van der Waals surface area contributed by atoms with E-state index < -0.39 is 0 Å². The van der Waals surface area contributed by atoms with Gasteiger partial charge < -0.3 is 9.64 Å². The molecule has 3 fully saturated rings. The number of carbonyl (C=O) groups is 1. The molecule has 0 aromatic carbocycles. The maximum absolute atomic E-state index is 12.5. The lowest BCUT2D eigenvalue weighted by Gasteiger charge is -2.48. The Labute approximate surface area is 146 Å². The topological polar surface area (TPSA) is 32.8 Å². The zero-order valence-corrected chi connectivity index (χ0v) is 15.0. The molecule has 0 N–H and O–H groups in total. The van der Waals surface area contributed by atoms with Crippen molar-refractivity contribution in [3.05, 3.63) is 22.4 Å². The van der Waals surface area contributed by atoms with Gasteiger partial charge in [0.2, 0.25) is 0 Å². The first kappa shape index (κ1) is 15.9. The van der Waals surface area contributed by atoms with Crippen LogP contribution in [0.2, 0.25) is 0 Å². The Morgan fingerprint density at radius 2 is 2.17 bits per heavy atom. The van der Waals surface area contributed by atoms with Crippen LogP contribution >= 0.6 is 23.1 Å². The van der Waals surface area contributed by atoms with Crippen molar-refractivity contribution in [2.24, 2.45) is 0 Å². The summed E-state index contributed by atoms with van der Waals surface area (Å²) in [5.74, 6) is 2.77. The highest BCUT2D eigenvalue weighted by molar-refractivity contribution is 7.99. The standard InChI is InChI=1S/C17H24N2O2S2/c20-16(15-2-1-10-23-15)18-6-4-17(5-7-18)13-19(8-9-21-17)14-3-11-22-12-14/h1-2,10,14H,3-9,11-13H2. The molecule has 1 amide bonds. The molecule has 1 atom stereocenters. The summed E-state index contributed by atoms with van der Waals surface area (Å²) in [4.78, 5) is 18.0. The number of morpholine rings is 1. The number of thiophene rings is 1. The second-order valence-corrected chi connectivity index (χ2v) is 8.89. The normalized spacial score (nSPS) is 28.3. The lowest BCUT2D eigenvalue weighted by atomic mass is 9.88. The van der Waals surface area contributed by atoms with Gasteiger partial charge in [0.05, 0.1) is 17.1 Å². The molecular weight excluding hydrogens is 328 g/mol.